The Morgan fingerprint density at radius 3 is 2.75 bits per heavy atom. The number of hydrogen-bond donors (Lipinski definition) is 2. The normalized spacial score (nSPS) is 19.4. The molecule has 3 aromatic rings. The van der Waals surface area contributed by atoms with E-state index in [1.807, 2.05) is 31.2 Å². The van der Waals surface area contributed by atoms with E-state index in [2.05, 4.69) is 52.9 Å². The average Bonchev–Trinajstić information content (AvgIpc) is 3.45. The number of fused-ring (bicyclic) bond motifs is 1. The van der Waals surface area contributed by atoms with Gasteiger partial charge in [0.1, 0.15) is 5.76 Å². The molecule has 1 saturated heterocycles. The van der Waals surface area contributed by atoms with Crippen molar-refractivity contribution < 1.29 is 13.9 Å². The van der Waals surface area contributed by atoms with Crippen LogP contribution in [0.4, 0.5) is 0 Å². The van der Waals surface area contributed by atoms with E-state index in [0.717, 1.165) is 48.0 Å². The van der Waals surface area contributed by atoms with E-state index in [1.54, 1.807) is 7.05 Å². The van der Waals surface area contributed by atoms with Gasteiger partial charge in [0.2, 0.25) is 0 Å². The number of benzene rings is 2. The Morgan fingerprint density at radius 2 is 2.00 bits per heavy atom. The highest BCUT2D eigenvalue weighted by atomic mass is 127. The molecule has 0 amide bonds. The number of furan rings is 1. The largest absolute Gasteiger partial charge is 0.490 e. The molecule has 32 heavy (non-hydrogen) atoms. The molecule has 3 unspecified atom stereocenters. The third-order valence-corrected chi connectivity index (χ3v) is 5.70. The number of nitrogens with zero attached hydrogens (tertiary/aromatic N) is 1. The molecule has 6 nitrogen and oxygen atoms in total. The van der Waals surface area contributed by atoms with Gasteiger partial charge in [-0.1, -0.05) is 42.5 Å². The predicted octanol–water partition coefficient (Wildman–Crippen LogP) is 5.45. The first-order chi connectivity index (χ1) is 15.2. The van der Waals surface area contributed by atoms with Crippen LogP contribution >= 0.6 is 24.0 Å². The number of rotatable bonds is 7. The lowest BCUT2D eigenvalue weighted by Gasteiger charge is -2.22. The number of hydrogen-bond acceptors (Lipinski definition) is 4. The van der Waals surface area contributed by atoms with Crippen LogP contribution in [0, 0.1) is 5.92 Å². The zero-order chi connectivity index (χ0) is 21.6. The molecule has 0 spiro atoms. The monoisotopic (exact) mass is 549 g/mol. The first kappa shape index (κ1) is 24.4. The van der Waals surface area contributed by atoms with Crippen LogP contribution in [0.25, 0.3) is 11.0 Å². The standard InChI is InChI=1S/C25H31N3O3.HI/c1-4-29-21-12-8-11-19-15-22(31-24(19)21)17(2)28-25(26-3)27-16-20-13-14-30-23(20)18-9-6-5-7-10-18;/h5-12,15,17,20,23H,4,13-14,16H2,1-3H3,(H2,26,27,28);1H. The third kappa shape index (κ3) is 5.56. The minimum atomic E-state index is -0.0437. The van der Waals surface area contributed by atoms with E-state index in [1.165, 1.54) is 5.56 Å². The Balaban J connectivity index is 0.00000289. The second-order valence-corrected chi connectivity index (χ2v) is 7.83. The van der Waals surface area contributed by atoms with Gasteiger partial charge in [-0.05, 0) is 38.0 Å². The van der Waals surface area contributed by atoms with E-state index < -0.39 is 0 Å². The van der Waals surface area contributed by atoms with E-state index in [4.69, 9.17) is 13.9 Å². The SMILES string of the molecule is CCOc1cccc2cc(C(C)NC(=NC)NCC3CCOC3c3ccccc3)oc12.I. The lowest BCUT2D eigenvalue weighted by Crippen LogP contribution is -2.41. The summed E-state index contributed by atoms with van der Waals surface area (Å²) >= 11 is 0. The smallest absolute Gasteiger partial charge is 0.191 e. The minimum absolute atomic E-state index is 0. The minimum Gasteiger partial charge on any atom is -0.490 e. The predicted molar refractivity (Wildman–Crippen MR) is 139 cm³/mol. The zero-order valence-corrected chi connectivity index (χ0v) is 21.2. The number of aliphatic imine (C=N–C) groups is 1. The highest BCUT2D eigenvalue weighted by Gasteiger charge is 2.29. The molecule has 0 bridgehead atoms. The Bertz CT molecular complexity index is 1020. The van der Waals surface area contributed by atoms with Gasteiger partial charge in [0.25, 0.3) is 0 Å². The van der Waals surface area contributed by atoms with Gasteiger partial charge in [-0.3, -0.25) is 4.99 Å². The summed E-state index contributed by atoms with van der Waals surface area (Å²) in [6.45, 7) is 6.22. The molecule has 7 heteroatoms. The number of guanidine groups is 1. The molecule has 1 aliphatic heterocycles. The second-order valence-electron chi connectivity index (χ2n) is 7.83. The molecule has 2 heterocycles. The van der Waals surface area contributed by atoms with Gasteiger partial charge in [-0.25, -0.2) is 0 Å². The van der Waals surface area contributed by atoms with E-state index in [-0.39, 0.29) is 36.1 Å². The van der Waals surface area contributed by atoms with Gasteiger partial charge in [-0.2, -0.15) is 0 Å². The van der Waals surface area contributed by atoms with Gasteiger partial charge >= 0.3 is 0 Å². The fraction of sp³-hybridized carbons (Fsp3) is 0.400. The average molecular weight is 549 g/mol. The molecule has 2 N–H and O–H groups in total. The Kier molecular flexibility index (Phi) is 8.81. The van der Waals surface area contributed by atoms with Crippen LogP contribution in [0.5, 0.6) is 5.75 Å². The zero-order valence-electron chi connectivity index (χ0n) is 18.8. The van der Waals surface area contributed by atoms with Crippen LogP contribution in [0.1, 0.15) is 43.7 Å². The summed E-state index contributed by atoms with van der Waals surface area (Å²) in [6.07, 6.45) is 1.15. The first-order valence-electron chi connectivity index (χ1n) is 11.0. The van der Waals surface area contributed by atoms with Crippen molar-refractivity contribution in [3.05, 3.63) is 65.9 Å². The Morgan fingerprint density at radius 1 is 1.19 bits per heavy atom. The maximum absolute atomic E-state index is 6.12. The highest BCUT2D eigenvalue weighted by Crippen LogP contribution is 2.34. The molecule has 0 radical (unpaired) electrons. The van der Waals surface area contributed by atoms with Crippen LogP contribution in [0.15, 0.2) is 64.0 Å². The summed E-state index contributed by atoms with van der Waals surface area (Å²) in [4.78, 5) is 4.40. The summed E-state index contributed by atoms with van der Waals surface area (Å²) in [6, 6.07) is 18.4. The van der Waals surface area contributed by atoms with E-state index in [0.29, 0.717) is 12.5 Å². The molecular formula is C25H32IN3O3. The van der Waals surface area contributed by atoms with Gasteiger partial charge in [0, 0.05) is 31.5 Å². The lowest BCUT2D eigenvalue weighted by molar-refractivity contribution is 0.0915. The molecule has 172 valence electrons. The summed E-state index contributed by atoms with van der Waals surface area (Å²) in [7, 11) is 1.79. The van der Waals surface area contributed by atoms with Crippen molar-refractivity contribution in [2.24, 2.45) is 10.9 Å². The molecule has 1 aromatic heterocycles. The Labute approximate surface area is 206 Å². The molecule has 4 rings (SSSR count). The molecular weight excluding hydrogens is 517 g/mol. The van der Waals surface area contributed by atoms with Crippen molar-refractivity contribution in [2.45, 2.75) is 32.4 Å². The van der Waals surface area contributed by atoms with Crippen molar-refractivity contribution in [1.29, 1.82) is 0 Å². The number of para-hydroxylation sites is 1. The summed E-state index contributed by atoms with van der Waals surface area (Å²) in [5.41, 5.74) is 2.01. The summed E-state index contributed by atoms with van der Waals surface area (Å²) in [5, 5.41) is 7.94. The highest BCUT2D eigenvalue weighted by molar-refractivity contribution is 14.0. The molecule has 2 aromatic carbocycles. The van der Waals surface area contributed by atoms with Gasteiger partial charge < -0.3 is 24.5 Å². The van der Waals surface area contributed by atoms with Crippen molar-refractivity contribution in [2.75, 3.05) is 26.8 Å². The second kappa shape index (κ2) is 11.6. The number of halogens is 1. The van der Waals surface area contributed by atoms with E-state index >= 15 is 0 Å². The lowest BCUT2D eigenvalue weighted by atomic mass is 9.95. The maximum atomic E-state index is 6.12. The van der Waals surface area contributed by atoms with Crippen molar-refractivity contribution >= 4 is 40.9 Å². The van der Waals surface area contributed by atoms with Crippen molar-refractivity contribution in [3.63, 3.8) is 0 Å². The van der Waals surface area contributed by atoms with Crippen LogP contribution in [-0.4, -0.2) is 32.8 Å². The van der Waals surface area contributed by atoms with Crippen molar-refractivity contribution in [3.8, 4) is 5.75 Å². The van der Waals surface area contributed by atoms with Gasteiger partial charge in [0.15, 0.2) is 17.3 Å². The molecule has 0 saturated carbocycles. The molecule has 1 aliphatic rings. The summed E-state index contributed by atoms with van der Waals surface area (Å²) < 4.78 is 17.8. The van der Waals surface area contributed by atoms with Gasteiger partial charge in [-0.15, -0.1) is 24.0 Å². The molecule has 0 aliphatic carbocycles. The number of nitrogens with one attached hydrogen (secondary N) is 2. The quantitative estimate of drug-likeness (QED) is 0.233. The van der Waals surface area contributed by atoms with Crippen LogP contribution < -0.4 is 15.4 Å². The fourth-order valence-electron chi connectivity index (χ4n) is 4.09. The maximum Gasteiger partial charge on any atom is 0.191 e. The van der Waals surface area contributed by atoms with Crippen LogP contribution in [-0.2, 0) is 4.74 Å². The van der Waals surface area contributed by atoms with Crippen molar-refractivity contribution in [1.82, 2.24) is 10.6 Å². The topological polar surface area (TPSA) is 68.0 Å². The fourth-order valence-corrected chi connectivity index (χ4v) is 4.09. The van der Waals surface area contributed by atoms with Crippen LogP contribution in [0.2, 0.25) is 0 Å². The first-order valence-corrected chi connectivity index (χ1v) is 11.0. The molecule has 1 fully saturated rings. The van der Waals surface area contributed by atoms with Gasteiger partial charge in [0.05, 0.1) is 18.8 Å². The number of ether oxygens (including phenoxy) is 2. The Hall–Kier alpha value is -2.26. The van der Waals surface area contributed by atoms with Crippen LogP contribution in [0.3, 0.4) is 0 Å². The molecule has 3 atom stereocenters. The van der Waals surface area contributed by atoms with E-state index in [9.17, 15) is 0 Å². The third-order valence-electron chi connectivity index (χ3n) is 5.70. The summed E-state index contributed by atoms with van der Waals surface area (Å²) in [5.74, 6) is 2.76.